The third kappa shape index (κ3) is 2.77. The van der Waals surface area contributed by atoms with Crippen molar-refractivity contribution in [2.45, 2.75) is 0 Å². The summed E-state index contributed by atoms with van der Waals surface area (Å²) in [5, 5.41) is 0. The van der Waals surface area contributed by atoms with Gasteiger partial charge in [0.15, 0.2) is 0 Å². The summed E-state index contributed by atoms with van der Waals surface area (Å²) in [6.07, 6.45) is 0. The molecule has 0 aromatic carbocycles. The Hall–Kier alpha value is 0.120. The Kier molecular flexibility index (Phi) is 1.96. The van der Waals surface area contributed by atoms with E-state index in [1.807, 2.05) is 0 Å². The van der Waals surface area contributed by atoms with Crippen LogP contribution in [0, 0.1) is 0 Å². The second-order valence-electron chi connectivity index (χ2n) is 0.720. The normalized spacial score (nSPS) is 12.6. The monoisotopic (exact) mass is 146 g/mol. The molecule has 0 fully saturated rings. The van der Waals surface area contributed by atoms with Gasteiger partial charge in [-0.3, -0.25) is 4.55 Å². The predicted molar refractivity (Wildman–Crippen MR) is 23.4 cm³/mol. The molecule has 0 amide bonds. The highest BCUT2D eigenvalue weighted by atomic mass is 35.5. The SMILES string of the molecule is NN(Cl)S(=O)(=O)O. The van der Waals surface area contributed by atoms with Crippen LogP contribution in [-0.2, 0) is 10.3 Å². The van der Waals surface area contributed by atoms with E-state index in [1.165, 1.54) is 0 Å². The summed E-state index contributed by atoms with van der Waals surface area (Å²) in [5.41, 5.74) is 0. The molecule has 0 saturated heterocycles. The van der Waals surface area contributed by atoms with Gasteiger partial charge in [-0.05, 0) is 3.93 Å². The van der Waals surface area contributed by atoms with Gasteiger partial charge in [-0.2, -0.15) is 8.42 Å². The van der Waals surface area contributed by atoms with Crippen molar-refractivity contribution in [3.63, 3.8) is 0 Å². The molecule has 44 valence electrons. The van der Waals surface area contributed by atoms with Gasteiger partial charge in [0.2, 0.25) is 0 Å². The van der Waals surface area contributed by atoms with E-state index in [-0.39, 0.29) is 3.93 Å². The van der Waals surface area contributed by atoms with Crippen molar-refractivity contribution in [2.24, 2.45) is 5.84 Å². The van der Waals surface area contributed by atoms with Crippen LogP contribution in [-0.4, -0.2) is 16.9 Å². The topological polar surface area (TPSA) is 83.6 Å². The second-order valence-corrected chi connectivity index (χ2v) is 2.57. The zero-order chi connectivity index (χ0) is 6.08. The van der Waals surface area contributed by atoms with Gasteiger partial charge in [-0.1, -0.05) is 0 Å². The van der Waals surface area contributed by atoms with E-state index < -0.39 is 10.3 Å². The van der Waals surface area contributed by atoms with Crippen molar-refractivity contribution in [1.29, 1.82) is 0 Å². The van der Waals surface area contributed by atoms with Crippen LogP contribution in [0.1, 0.15) is 0 Å². The number of hydrogen-bond acceptors (Lipinski definition) is 3. The van der Waals surface area contributed by atoms with Gasteiger partial charge in [0.1, 0.15) is 0 Å². The minimum absolute atomic E-state index is 0.312. The molecule has 3 N–H and O–H groups in total. The first-order valence-corrected chi connectivity index (χ1v) is 2.86. The first-order valence-electron chi connectivity index (χ1n) is 1.13. The molecule has 0 spiro atoms. The Morgan fingerprint density at radius 2 is 1.86 bits per heavy atom. The molecule has 0 heterocycles. The molecule has 0 aromatic heterocycles. The van der Waals surface area contributed by atoms with Crippen molar-refractivity contribution >= 4 is 22.1 Å². The lowest BCUT2D eigenvalue weighted by molar-refractivity contribution is 0.434. The van der Waals surface area contributed by atoms with Crippen LogP contribution in [0.3, 0.4) is 0 Å². The van der Waals surface area contributed by atoms with Crippen LogP contribution in [0.4, 0.5) is 0 Å². The molecule has 7 heteroatoms. The molecule has 0 aliphatic heterocycles. The molecule has 0 bridgehead atoms. The summed E-state index contributed by atoms with van der Waals surface area (Å²) in [6.45, 7) is 0. The van der Waals surface area contributed by atoms with E-state index in [4.69, 9.17) is 4.55 Å². The minimum atomic E-state index is -4.36. The van der Waals surface area contributed by atoms with Crippen molar-refractivity contribution < 1.29 is 13.0 Å². The highest BCUT2D eigenvalue weighted by molar-refractivity contribution is 7.84. The zero-order valence-electron chi connectivity index (χ0n) is 3.07. The maximum atomic E-state index is 9.56. The summed E-state index contributed by atoms with van der Waals surface area (Å²) in [5.74, 6) is 4.33. The van der Waals surface area contributed by atoms with Crippen LogP contribution in [0.5, 0.6) is 0 Å². The van der Waals surface area contributed by atoms with E-state index in [1.54, 1.807) is 0 Å². The average molecular weight is 147 g/mol. The van der Waals surface area contributed by atoms with E-state index >= 15 is 0 Å². The van der Waals surface area contributed by atoms with E-state index in [0.29, 0.717) is 0 Å². The van der Waals surface area contributed by atoms with Gasteiger partial charge in [0.05, 0.1) is 0 Å². The van der Waals surface area contributed by atoms with Gasteiger partial charge in [-0.25, -0.2) is 5.84 Å². The van der Waals surface area contributed by atoms with E-state index in [0.717, 1.165) is 0 Å². The third-order valence-electron chi connectivity index (χ3n) is 0.220. The fourth-order valence-electron chi connectivity index (χ4n) is 0. The van der Waals surface area contributed by atoms with Gasteiger partial charge in [0.25, 0.3) is 0 Å². The maximum Gasteiger partial charge on any atom is 0.363 e. The standard InChI is InChI=1S/ClH3N2O3S/c1-3(2)7(4,5)6/h2H2,(H,4,5,6). The maximum absolute atomic E-state index is 9.56. The summed E-state index contributed by atoms with van der Waals surface area (Å²) in [6, 6.07) is 0. The molecule has 0 rings (SSSR count). The van der Waals surface area contributed by atoms with Crippen molar-refractivity contribution in [2.75, 3.05) is 0 Å². The van der Waals surface area contributed by atoms with Gasteiger partial charge < -0.3 is 0 Å². The summed E-state index contributed by atoms with van der Waals surface area (Å²) >= 11 is 4.53. The Balaban J connectivity index is 4.10. The molecule has 0 atom stereocenters. The zero-order valence-corrected chi connectivity index (χ0v) is 4.65. The van der Waals surface area contributed by atoms with Crippen molar-refractivity contribution in [3.05, 3.63) is 0 Å². The Labute approximate surface area is 45.6 Å². The third-order valence-corrected chi connectivity index (χ3v) is 1.18. The lowest BCUT2D eigenvalue weighted by Crippen LogP contribution is -2.26. The Morgan fingerprint density at radius 1 is 1.71 bits per heavy atom. The van der Waals surface area contributed by atoms with Crippen LogP contribution in [0.25, 0.3) is 0 Å². The van der Waals surface area contributed by atoms with Crippen LogP contribution in [0.15, 0.2) is 0 Å². The largest absolute Gasteiger partial charge is 0.363 e. The van der Waals surface area contributed by atoms with E-state index in [9.17, 15) is 8.42 Å². The summed E-state index contributed by atoms with van der Waals surface area (Å²) in [7, 11) is -4.36. The lowest BCUT2D eigenvalue weighted by Gasteiger charge is -1.96. The number of nitrogens with zero attached hydrogens (tertiary/aromatic N) is 1. The van der Waals surface area contributed by atoms with Crippen LogP contribution >= 0.6 is 11.8 Å². The van der Waals surface area contributed by atoms with Crippen LogP contribution < -0.4 is 5.84 Å². The number of rotatable bonds is 1. The number of nitrogens with two attached hydrogens (primary N) is 1. The first-order chi connectivity index (χ1) is 2.94. The second kappa shape index (κ2) is 1.93. The fraction of sp³-hybridized carbons (Fsp3) is 0. The molecular formula is H3ClN2O3S. The predicted octanol–water partition coefficient (Wildman–Crippen LogP) is -0.881. The molecule has 0 radical (unpaired) electrons. The average Bonchev–Trinajstić information content (AvgIpc) is 1.31. The molecule has 0 aromatic rings. The van der Waals surface area contributed by atoms with Crippen molar-refractivity contribution in [3.8, 4) is 0 Å². The Morgan fingerprint density at radius 3 is 1.86 bits per heavy atom. The number of hydrazine groups is 1. The van der Waals surface area contributed by atoms with Crippen molar-refractivity contribution in [1.82, 2.24) is 3.93 Å². The molecule has 0 saturated carbocycles. The molecule has 0 aliphatic carbocycles. The van der Waals surface area contributed by atoms with Gasteiger partial charge in [-0.15, -0.1) is 0 Å². The quantitative estimate of drug-likeness (QED) is 0.218. The van der Waals surface area contributed by atoms with Gasteiger partial charge >= 0.3 is 10.3 Å². The highest BCUT2D eigenvalue weighted by Gasteiger charge is 2.08. The summed E-state index contributed by atoms with van der Waals surface area (Å²) in [4.78, 5) is 0. The number of halogens is 1. The summed E-state index contributed by atoms with van der Waals surface area (Å²) < 4.78 is 26.5. The van der Waals surface area contributed by atoms with E-state index in [2.05, 4.69) is 17.6 Å². The smallest absolute Gasteiger partial charge is 0.271 e. The molecule has 0 unspecified atom stereocenters. The van der Waals surface area contributed by atoms with Gasteiger partial charge in [0, 0.05) is 11.8 Å². The minimum Gasteiger partial charge on any atom is -0.271 e. The van der Waals surface area contributed by atoms with Crippen LogP contribution in [0.2, 0.25) is 0 Å². The Bertz CT molecular complexity index is 135. The fourth-order valence-corrected chi connectivity index (χ4v) is 0. The molecule has 0 aliphatic rings. The first kappa shape index (κ1) is 7.12. The molecule has 5 nitrogen and oxygen atoms in total. The molecular weight excluding hydrogens is 144 g/mol. The highest BCUT2D eigenvalue weighted by Crippen LogP contribution is 1.89. The molecule has 7 heavy (non-hydrogen) atoms. The lowest BCUT2D eigenvalue weighted by atomic mass is 13.0. The number of hydrogen-bond donors (Lipinski definition) is 2.